The van der Waals surface area contributed by atoms with Crippen molar-refractivity contribution in [2.24, 2.45) is 0 Å². The van der Waals surface area contributed by atoms with Gasteiger partial charge in [-0.25, -0.2) is 0 Å². The molecule has 2 rings (SSSR count). The van der Waals surface area contributed by atoms with Crippen molar-refractivity contribution in [3.8, 4) is 0 Å². The molecule has 1 aliphatic rings. The summed E-state index contributed by atoms with van der Waals surface area (Å²) in [5.74, 6) is -0.0832. The lowest BCUT2D eigenvalue weighted by Gasteiger charge is -2.10. The van der Waals surface area contributed by atoms with Gasteiger partial charge in [-0.05, 0) is 47.4 Å². The molecule has 0 spiro atoms. The minimum absolute atomic E-state index is 0.0181. The van der Waals surface area contributed by atoms with E-state index in [4.69, 9.17) is 0 Å². The summed E-state index contributed by atoms with van der Waals surface area (Å²) in [5.41, 5.74) is 0.538. The first kappa shape index (κ1) is 14.0. The number of nitrogens with one attached hydrogen (secondary N) is 2. The first-order valence-electron chi connectivity index (χ1n) is 6.03. The first-order chi connectivity index (χ1) is 9.06. The van der Waals surface area contributed by atoms with Crippen molar-refractivity contribution in [1.29, 1.82) is 0 Å². The van der Waals surface area contributed by atoms with Crippen LogP contribution in [0.3, 0.4) is 0 Å². The number of halogens is 1. The third-order valence-electron chi connectivity index (χ3n) is 3.02. The summed E-state index contributed by atoms with van der Waals surface area (Å²) in [6.45, 7) is 0.959. The topological polar surface area (TPSA) is 84.3 Å². The molecule has 1 saturated heterocycles. The molecule has 2 N–H and O–H groups in total. The molecule has 1 aromatic carbocycles. The maximum Gasteiger partial charge on any atom is 0.283 e. The summed E-state index contributed by atoms with van der Waals surface area (Å²) in [6, 6.07) is 4.68. The second kappa shape index (κ2) is 6.12. The number of amides is 1. The molecule has 0 saturated carbocycles. The zero-order valence-electron chi connectivity index (χ0n) is 10.2. The third kappa shape index (κ3) is 3.74. The number of nitro groups is 1. The highest BCUT2D eigenvalue weighted by Gasteiger charge is 2.18. The van der Waals surface area contributed by atoms with E-state index in [1.165, 1.54) is 18.2 Å². The Labute approximate surface area is 118 Å². The molecule has 102 valence electrons. The van der Waals surface area contributed by atoms with Gasteiger partial charge in [0.25, 0.3) is 5.69 Å². The van der Waals surface area contributed by atoms with Gasteiger partial charge in [-0.3, -0.25) is 14.9 Å². The third-order valence-corrected chi connectivity index (χ3v) is 3.66. The molecule has 1 heterocycles. The fourth-order valence-electron chi connectivity index (χ4n) is 2.10. The molecule has 7 heteroatoms. The average Bonchev–Trinajstić information content (AvgIpc) is 2.81. The van der Waals surface area contributed by atoms with Crippen molar-refractivity contribution < 1.29 is 9.72 Å². The van der Waals surface area contributed by atoms with E-state index < -0.39 is 4.92 Å². The Morgan fingerprint density at radius 1 is 1.58 bits per heavy atom. The van der Waals surface area contributed by atoms with Crippen LogP contribution in [-0.4, -0.2) is 23.4 Å². The Hall–Kier alpha value is -1.47. The van der Waals surface area contributed by atoms with Gasteiger partial charge in [0.2, 0.25) is 5.91 Å². The monoisotopic (exact) mass is 327 g/mol. The standard InChI is InChI=1S/C12H14BrN3O3/c13-10-6-9(3-4-11(10)16(18)19)15-12(17)7-8-2-1-5-14-8/h3-4,6,8,14H,1-2,5,7H2,(H,15,17). The summed E-state index contributed by atoms with van der Waals surface area (Å²) in [4.78, 5) is 22.0. The van der Waals surface area contributed by atoms with Crippen LogP contribution < -0.4 is 10.6 Å². The van der Waals surface area contributed by atoms with E-state index in [2.05, 4.69) is 26.6 Å². The maximum atomic E-state index is 11.8. The lowest BCUT2D eigenvalue weighted by Crippen LogP contribution is -2.27. The number of hydrogen-bond donors (Lipinski definition) is 2. The molecule has 0 aliphatic carbocycles. The van der Waals surface area contributed by atoms with Crippen molar-refractivity contribution in [3.63, 3.8) is 0 Å². The van der Waals surface area contributed by atoms with E-state index in [0.29, 0.717) is 16.6 Å². The second-order valence-electron chi connectivity index (χ2n) is 4.47. The number of rotatable bonds is 4. The minimum atomic E-state index is -0.474. The van der Waals surface area contributed by atoms with E-state index in [0.717, 1.165) is 19.4 Å². The Balaban J connectivity index is 1.96. The number of benzene rings is 1. The fraction of sp³-hybridized carbons (Fsp3) is 0.417. The smallest absolute Gasteiger partial charge is 0.283 e. The molecule has 0 bridgehead atoms. The highest BCUT2D eigenvalue weighted by molar-refractivity contribution is 9.10. The molecule has 1 amide bonds. The van der Waals surface area contributed by atoms with Gasteiger partial charge in [-0.15, -0.1) is 0 Å². The molecular weight excluding hydrogens is 314 g/mol. The zero-order valence-corrected chi connectivity index (χ0v) is 11.8. The van der Waals surface area contributed by atoms with Crippen molar-refractivity contribution in [3.05, 3.63) is 32.8 Å². The van der Waals surface area contributed by atoms with Gasteiger partial charge >= 0.3 is 0 Å². The lowest BCUT2D eigenvalue weighted by molar-refractivity contribution is -0.385. The van der Waals surface area contributed by atoms with Crippen LogP contribution in [0.2, 0.25) is 0 Å². The van der Waals surface area contributed by atoms with Crippen molar-refractivity contribution in [2.45, 2.75) is 25.3 Å². The minimum Gasteiger partial charge on any atom is -0.326 e. The summed E-state index contributed by atoms with van der Waals surface area (Å²) in [5, 5.41) is 16.7. The van der Waals surface area contributed by atoms with Gasteiger partial charge in [0, 0.05) is 24.2 Å². The SMILES string of the molecule is O=C(CC1CCCN1)Nc1ccc([N+](=O)[O-])c(Br)c1. The highest BCUT2D eigenvalue weighted by Crippen LogP contribution is 2.27. The van der Waals surface area contributed by atoms with Crippen LogP contribution in [0.4, 0.5) is 11.4 Å². The van der Waals surface area contributed by atoms with Gasteiger partial charge in [-0.2, -0.15) is 0 Å². The van der Waals surface area contributed by atoms with E-state index in [-0.39, 0.29) is 17.6 Å². The van der Waals surface area contributed by atoms with Crippen molar-refractivity contribution in [2.75, 3.05) is 11.9 Å². The molecule has 0 radical (unpaired) electrons. The molecule has 1 fully saturated rings. The van der Waals surface area contributed by atoms with Gasteiger partial charge in [0.1, 0.15) is 0 Å². The molecule has 1 atom stereocenters. The van der Waals surface area contributed by atoms with Crippen LogP contribution in [0.5, 0.6) is 0 Å². The van der Waals surface area contributed by atoms with Crippen molar-refractivity contribution >= 4 is 33.2 Å². The summed E-state index contributed by atoms with van der Waals surface area (Å²) in [7, 11) is 0. The normalized spacial score (nSPS) is 18.3. The fourth-order valence-corrected chi connectivity index (χ4v) is 2.62. The summed E-state index contributed by atoms with van der Waals surface area (Å²) < 4.78 is 0.356. The van der Waals surface area contributed by atoms with Crippen LogP contribution in [0.1, 0.15) is 19.3 Å². The first-order valence-corrected chi connectivity index (χ1v) is 6.83. The van der Waals surface area contributed by atoms with E-state index in [9.17, 15) is 14.9 Å². The van der Waals surface area contributed by atoms with Gasteiger partial charge in [0.15, 0.2) is 0 Å². The number of carbonyl (C=O) groups is 1. The zero-order chi connectivity index (χ0) is 13.8. The van der Waals surface area contributed by atoms with E-state index in [1.54, 1.807) is 0 Å². The number of hydrogen-bond acceptors (Lipinski definition) is 4. The summed E-state index contributed by atoms with van der Waals surface area (Å²) >= 11 is 3.12. The van der Waals surface area contributed by atoms with E-state index >= 15 is 0 Å². The second-order valence-corrected chi connectivity index (χ2v) is 5.32. The quantitative estimate of drug-likeness (QED) is 0.657. The molecule has 19 heavy (non-hydrogen) atoms. The number of carbonyl (C=O) groups excluding carboxylic acids is 1. The lowest BCUT2D eigenvalue weighted by atomic mass is 10.1. The van der Waals surface area contributed by atoms with Crippen molar-refractivity contribution in [1.82, 2.24) is 5.32 Å². The van der Waals surface area contributed by atoms with Crippen LogP contribution in [0.15, 0.2) is 22.7 Å². The Morgan fingerprint density at radius 2 is 2.37 bits per heavy atom. The van der Waals surface area contributed by atoms with Crippen LogP contribution in [0, 0.1) is 10.1 Å². The molecule has 1 aromatic rings. The molecule has 1 unspecified atom stereocenters. The Kier molecular flexibility index (Phi) is 4.49. The van der Waals surface area contributed by atoms with Gasteiger partial charge in [-0.1, -0.05) is 0 Å². The predicted molar refractivity (Wildman–Crippen MR) is 75.1 cm³/mol. The van der Waals surface area contributed by atoms with Crippen LogP contribution >= 0.6 is 15.9 Å². The summed E-state index contributed by atoms with van der Waals surface area (Å²) in [6.07, 6.45) is 2.53. The molecule has 1 aliphatic heterocycles. The highest BCUT2D eigenvalue weighted by atomic mass is 79.9. The van der Waals surface area contributed by atoms with Gasteiger partial charge in [0.05, 0.1) is 9.40 Å². The number of nitrogens with zero attached hydrogens (tertiary/aromatic N) is 1. The molecule has 0 aromatic heterocycles. The van der Waals surface area contributed by atoms with Gasteiger partial charge < -0.3 is 10.6 Å². The molecule has 6 nitrogen and oxygen atoms in total. The molecular formula is C12H14BrN3O3. The maximum absolute atomic E-state index is 11.8. The Morgan fingerprint density at radius 3 is 2.95 bits per heavy atom. The van der Waals surface area contributed by atoms with Crippen LogP contribution in [-0.2, 0) is 4.79 Å². The predicted octanol–water partition coefficient (Wildman–Crippen LogP) is 2.44. The van der Waals surface area contributed by atoms with Crippen LogP contribution in [0.25, 0.3) is 0 Å². The number of anilines is 1. The Bertz CT molecular complexity index is 501. The van der Waals surface area contributed by atoms with E-state index in [1.807, 2.05) is 0 Å². The number of nitro benzene ring substituents is 1. The largest absolute Gasteiger partial charge is 0.326 e. The average molecular weight is 328 g/mol.